The Balaban J connectivity index is 1.71. The van der Waals surface area contributed by atoms with Crippen LogP contribution in [0.2, 0.25) is 0 Å². The van der Waals surface area contributed by atoms with E-state index in [4.69, 9.17) is 0 Å². The molecule has 1 N–H and O–H groups in total. The molecule has 1 aliphatic rings. The van der Waals surface area contributed by atoms with Crippen LogP contribution in [0.5, 0.6) is 0 Å². The molecule has 0 spiro atoms. The summed E-state index contributed by atoms with van der Waals surface area (Å²) in [5.41, 5.74) is 2.18. The van der Waals surface area contributed by atoms with E-state index in [1.807, 2.05) is 36.7 Å². The van der Waals surface area contributed by atoms with E-state index in [0.717, 1.165) is 34.0 Å². The molecule has 0 saturated heterocycles. The average Bonchev–Trinajstić information content (AvgIpc) is 3.22. The van der Waals surface area contributed by atoms with Crippen molar-refractivity contribution >= 4 is 15.9 Å². The van der Waals surface area contributed by atoms with Gasteiger partial charge in [0.15, 0.2) is 5.82 Å². The molecule has 1 heterocycles. The van der Waals surface area contributed by atoms with Crippen molar-refractivity contribution < 1.29 is 0 Å². The third-order valence-electron chi connectivity index (χ3n) is 2.98. The standard InChI is InChI=1S/C14H14BrN3/c15-12-3-1-11(2-4-12)14-17-8-10(9-18-14)7-16-13-5-6-13/h1-4,8-9,13,16H,5-7H2. The van der Waals surface area contributed by atoms with Gasteiger partial charge in [0.05, 0.1) is 0 Å². The summed E-state index contributed by atoms with van der Waals surface area (Å²) in [4.78, 5) is 8.82. The molecule has 2 aromatic rings. The van der Waals surface area contributed by atoms with E-state index in [2.05, 4.69) is 31.2 Å². The lowest BCUT2D eigenvalue weighted by atomic mass is 10.2. The summed E-state index contributed by atoms with van der Waals surface area (Å²) in [6.45, 7) is 0.866. The Morgan fingerprint density at radius 3 is 2.39 bits per heavy atom. The average molecular weight is 304 g/mol. The highest BCUT2D eigenvalue weighted by Crippen LogP contribution is 2.20. The fourth-order valence-electron chi connectivity index (χ4n) is 1.74. The Morgan fingerprint density at radius 2 is 1.78 bits per heavy atom. The number of benzene rings is 1. The van der Waals surface area contributed by atoms with Crippen LogP contribution in [0.15, 0.2) is 41.1 Å². The third-order valence-corrected chi connectivity index (χ3v) is 3.51. The Labute approximate surface area is 115 Å². The van der Waals surface area contributed by atoms with Crippen molar-refractivity contribution in [3.63, 3.8) is 0 Å². The molecule has 92 valence electrons. The quantitative estimate of drug-likeness (QED) is 0.943. The lowest BCUT2D eigenvalue weighted by Crippen LogP contribution is -2.15. The predicted octanol–water partition coefficient (Wildman–Crippen LogP) is 3.16. The molecule has 0 amide bonds. The highest BCUT2D eigenvalue weighted by molar-refractivity contribution is 9.10. The van der Waals surface area contributed by atoms with Gasteiger partial charge in [-0.15, -0.1) is 0 Å². The van der Waals surface area contributed by atoms with Crippen LogP contribution in [0.1, 0.15) is 18.4 Å². The van der Waals surface area contributed by atoms with Crippen LogP contribution >= 0.6 is 15.9 Å². The van der Waals surface area contributed by atoms with Crippen LogP contribution in [0.4, 0.5) is 0 Å². The van der Waals surface area contributed by atoms with Crippen molar-refractivity contribution in [2.24, 2.45) is 0 Å². The van der Waals surface area contributed by atoms with E-state index in [1.54, 1.807) is 0 Å². The van der Waals surface area contributed by atoms with Crippen molar-refractivity contribution in [2.45, 2.75) is 25.4 Å². The number of aromatic nitrogens is 2. The fourth-order valence-corrected chi connectivity index (χ4v) is 2.01. The molecule has 0 radical (unpaired) electrons. The van der Waals surface area contributed by atoms with Gasteiger partial charge in [-0.1, -0.05) is 28.1 Å². The van der Waals surface area contributed by atoms with Gasteiger partial charge in [-0.25, -0.2) is 9.97 Å². The zero-order valence-electron chi connectivity index (χ0n) is 9.94. The molecule has 0 bridgehead atoms. The second-order valence-electron chi connectivity index (χ2n) is 4.58. The highest BCUT2D eigenvalue weighted by atomic mass is 79.9. The van der Waals surface area contributed by atoms with E-state index >= 15 is 0 Å². The largest absolute Gasteiger partial charge is 0.310 e. The maximum absolute atomic E-state index is 4.41. The van der Waals surface area contributed by atoms with Gasteiger partial charge in [0.2, 0.25) is 0 Å². The van der Waals surface area contributed by atoms with Crippen LogP contribution in [0, 0.1) is 0 Å². The molecular weight excluding hydrogens is 290 g/mol. The molecule has 1 aliphatic carbocycles. The maximum atomic E-state index is 4.41. The van der Waals surface area contributed by atoms with Gasteiger partial charge in [0.25, 0.3) is 0 Å². The number of hydrogen-bond acceptors (Lipinski definition) is 3. The van der Waals surface area contributed by atoms with E-state index < -0.39 is 0 Å². The number of nitrogens with one attached hydrogen (secondary N) is 1. The van der Waals surface area contributed by atoms with Crippen LogP contribution in [0.3, 0.4) is 0 Å². The molecule has 3 nitrogen and oxygen atoms in total. The van der Waals surface area contributed by atoms with E-state index in [0.29, 0.717) is 0 Å². The number of hydrogen-bond donors (Lipinski definition) is 1. The first-order valence-corrected chi connectivity index (χ1v) is 6.91. The Bertz CT molecular complexity index is 518. The molecule has 4 heteroatoms. The summed E-state index contributed by atoms with van der Waals surface area (Å²) in [6, 6.07) is 8.75. The van der Waals surface area contributed by atoms with Gasteiger partial charge < -0.3 is 5.32 Å². The first-order chi connectivity index (χ1) is 8.81. The third kappa shape index (κ3) is 2.94. The van der Waals surface area contributed by atoms with Gasteiger partial charge in [0.1, 0.15) is 0 Å². The Kier molecular flexibility index (Phi) is 3.39. The molecule has 1 aromatic heterocycles. The molecule has 0 atom stereocenters. The van der Waals surface area contributed by atoms with Gasteiger partial charge in [-0.2, -0.15) is 0 Å². The highest BCUT2D eigenvalue weighted by Gasteiger charge is 2.19. The molecule has 1 saturated carbocycles. The van der Waals surface area contributed by atoms with Gasteiger partial charge in [0, 0.05) is 40.6 Å². The summed E-state index contributed by atoms with van der Waals surface area (Å²) in [5, 5.41) is 3.45. The topological polar surface area (TPSA) is 37.8 Å². The second kappa shape index (κ2) is 5.16. The summed E-state index contributed by atoms with van der Waals surface area (Å²) in [6.07, 6.45) is 6.41. The zero-order valence-corrected chi connectivity index (χ0v) is 11.5. The molecule has 18 heavy (non-hydrogen) atoms. The van der Waals surface area contributed by atoms with Crippen molar-refractivity contribution in [2.75, 3.05) is 0 Å². The first kappa shape index (κ1) is 11.8. The fraction of sp³-hybridized carbons (Fsp3) is 0.286. The van der Waals surface area contributed by atoms with E-state index in [1.165, 1.54) is 12.8 Å². The summed E-state index contributed by atoms with van der Waals surface area (Å²) in [7, 11) is 0. The minimum absolute atomic E-state index is 0.719. The smallest absolute Gasteiger partial charge is 0.159 e. The summed E-state index contributed by atoms with van der Waals surface area (Å²) >= 11 is 3.42. The molecule has 3 rings (SSSR count). The lowest BCUT2D eigenvalue weighted by molar-refractivity contribution is 0.683. The summed E-state index contributed by atoms with van der Waals surface area (Å²) < 4.78 is 1.07. The van der Waals surface area contributed by atoms with Crippen molar-refractivity contribution in [1.82, 2.24) is 15.3 Å². The molecule has 0 aliphatic heterocycles. The number of halogens is 1. The van der Waals surface area contributed by atoms with Gasteiger partial charge in [-0.3, -0.25) is 0 Å². The molecular formula is C14H14BrN3. The van der Waals surface area contributed by atoms with E-state index in [9.17, 15) is 0 Å². The van der Waals surface area contributed by atoms with Gasteiger partial charge >= 0.3 is 0 Å². The van der Waals surface area contributed by atoms with Crippen LogP contribution in [-0.4, -0.2) is 16.0 Å². The van der Waals surface area contributed by atoms with Crippen molar-refractivity contribution in [3.8, 4) is 11.4 Å². The van der Waals surface area contributed by atoms with Crippen LogP contribution < -0.4 is 5.32 Å². The monoisotopic (exact) mass is 303 g/mol. The normalized spacial score (nSPS) is 14.7. The van der Waals surface area contributed by atoms with Crippen LogP contribution in [0.25, 0.3) is 11.4 Å². The predicted molar refractivity (Wildman–Crippen MR) is 75.0 cm³/mol. The minimum atomic E-state index is 0.719. The molecule has 0 unspecified atom stereocenters. The molecule has 1 aromatic carbocycles. The Hall–Kier alpha value is -1.26. The number of rotatable bonds is 4. The lowest BCUT2D eigenvalue weighted by Gasteiger charge is -2.04. The molecule has 1 fully saturated rings. The first-order valence-electron chi connectivity index (χ1n) is 6.11. The van der Waals surface area contributed by atoms with Crippen LogP contribution in [-0.2, 0) is 6.54 Å². The number of nitrogens with zero attached hydrogens (tertiary/aromatic N) is 2. The summed E-state index contributed by atoms with van der Waals surface area (Å²) in [5.74, 6) is 0.776. The second-order valence-corrected chi connectivity index (χ2v) is 5.49. The van der Waals surface area contributed by atoms with E-state index in [-0.39, 0.29) is 0 Å². The maximum Gasteiger partial charge on any atom is 0.159 e. The van der Waals surface area contributed by atoms with Crippen molar-refractivity contribution in [1.29, 1.82) is 0 Å². The minimum Gasteiger partial charge on any atom is -0.310 e. The van der Waals surface area contributed by atoms with Crippen molar-refractivity contribution in [3.05, 3.63) is 46.7 Å². The SMILES string of the molecule is Brc1ccc(-c2ncc(CNC3CC3)cn2)cc1. The zero-order chi connectivity index (χ0) is 12.4. The Morgan fingerprint density at radius 1 is 1.11 bits per heavy atom. The van der Waals surface area contributed by atoms with Gasteiger partial charge in [-0.05, 0) is 25.0 Å².